The third-order valence-electron chi connectivity index (χ3n) is 3.92. The molecule has 21 heavy (non-hydrogen) atoms. The van der Waals surface area contributed by atoms with E-state index >= 15 is 0 Å². The monoisotopic (exact) mass is 287 g/mol. The van der Waals surface area contributed by atoms with Gasteiger partial charge in [-0.1, -0.05) is 25.7 Å². The van der Waals surface area contributed by atoms with E-state index in [0.717, 1.165) is 24.0 Å². The summed E-state index contributed by atoms with van der Waals surface area (Å²) < 4.78 is 0. The normalized spacial score (nSPS) is 10.7. The maximum Gasteiger partial charge on any atom is 0.251 e. The van der Waals surface area contributed by atoms with E-state index < -0.39 is 0 Å². The molecule has 2 N–H and O–H groups in total. The first kappa shape index (κ1) is 17.3. The molecule has 1 amide bonds. The summed E-state index contributed by atoms with van der Waals surface area (Å²) in [4.78, 5) is 12.3. The fraction of sp³-hybridized carbons (Fsp3) is 0.500. The van der Waals surface area contributed by atoms with Crippen LogP contribution in [-0.2, 0) is 0 Å². The number of hydrogen-bond acceptors (Lipinski definition) is 2. The molecule has 0 aromatic heterocycles. The maximum absolute atomic E-state index is 12.3. The Hall–Kier alpha value is -1.79. The van der Waals surface area contributed by atoms with Crippen LogP contribution in [0, 0.1) is 18.8 Å². The molecule has 3 heteroatoms. The minimum absolute atomic E-state index is 0.0424. The molecule has 0 fully saturated rings. The lowest BCUT2D eigenvalue weighted by atomic mass is 9.94. The molecule has 0 aliphatic rings. The van der Waals surface area contributed by atoms with E-state index in [1.54, 1.807) is 6.07 Å². The highest BCUT2D eigenvalue weighted by molar-refractivity contribution is 5.95. The number of benzene rings is 1. The number of amides is 1. The molecule has 1 aromatic rings. The highest BCUT2D eigenvalue weighted by atomic mass is 16.2. The summed E-state index contributed by atoms with van der Waals surface area (Å²) >= 11 is 0. The van der Waals surface area contributed by atoms with Crippen LogP contribution in [0.15, 0.2) is 18.2 Å². The van der Waals surface area contributed by atoms with Crippen molar-refractivity contribution in [2.75, 3.05) is 6.61 Å². The molecule has 0 saturated carbocycles. The third kappa shape index (κ3) is 4.91. The number of aryl methyl sites for hydroxylation is 1. The van der Waals surface area contributed by atoms with E-state index in [1.807, 2.05) is 19.1 Å². The number of aliphatic hydroxyl groups is 1. The number of aliphatic hydroxyl groups excluding tert-OH is 1. The molecular weight excluding hydrogens is 262 g/mol. The molecule has 0 saturated heterocycles. The van der Waals surface area contributed by atoms with Crippen LogP contribution in [0.25, 0.3) is 0 Å². The summed E-state index contributed by atoms with van der Waals surface area (Å²) in [7, 11) is 0. The van der Waals surface area contributed by atoms with Gasteiger partial charge in [0.05, 0.1) is 6.61 Å². The molecule has 1 rings (SSSR count). The van der Waals surface area contributed by atoms with E-state index in [2.05, 4.69) is 37.9 Å². The fourth-order valence-corrected chi connectivity index (χ4v) is 1.93. The van der Waals surface area contributed by atoms with Gasteiger partial charge in [0.15, 0.2) is 0 Å². The van der Waals surface area contributed by atoms with Gasteiger partial charge in [0.1, 0.15) is 0 Å². The Morgan fingerprint density at radius 3 is 2.52 bits per heavy atom. The highest BCUT2D eigenvalue weighted by Crippen LogP contribution is 2.16. The van der Waals surface area contributed by atoms with Gasteiger partial charge in [-0.15, -0.1) is 0 Å². The summed E-state index contributed by atoms with van der Waals surface area (Å²) in [6, 6.07) is 5.53. The smallest absolute Gasteiger partial charge is 0.251 e. The van der Waals surface area contributed by atoms with Crippen LogP contribution >= 0.6 is 0 Å². The fourth-order valence-electron chi connectivity index (χ4n) is 1.93. The van der Waals surface area contributed by atoms with E-state index in [4.69, 9.17) is 5.11 Å². The lowest BCUT2D eigenvalue weighted by Crippen LogP contribution is -2.44. The van der Waals surface area contributed by atoms with Crippen molar-refractivity contribution < 1.29 is 9.90 Å². The van der Waals surface area contributed by atoms with E-state index in [0.29, 0.717) is 12.0 Å². The van der Waals surface area contributed by atoms with Crippen LogP contribution in [0.2, 0.25) is 0 Å². The molecule has 0 heterocycles. The van der Waals surface area contributed by atoms with Crippen LogP contribution in [0.1, 0.15) is 61.5 Å². The standard InChI is InChI=1S/C18H25NO2/c1-5-18(4,6-2)19-17(21)16-11-10-15(14(3)13-16)9-7-8-12-20/h10-11,13,20H,5-6,8,12H2,1-4H3,(H,19,21). The van der Waals surface area contributed by atoms with Crippen LogP contribution < -0.4 is 5.32 Å². The highest BCUT2D eigenvalue weighted by Gasteiger charge is 2.22. The maximum atomic E-state index is 12.3. The van der Waals surface area contributed by atoms with Crippen molar-refractivity contribution in [3.8, 4) is 11.8 Å². The van der Waals surface area contributed by atoms with E-state index in [9.17, 15) is 4.79 Å². The van der Waals surface area contributed by atoms with Crippen LogP contribution in [-0.4, -0.2) is 23.2 Å². The summed E-state index contributed by atoms with van der Waals surface area (Å²) in [5, 5.41) is 11.8. The zero-order valence-electron chi connectivity index (χ0n) is 13.4. The molecule has 0 bridgehead atoms. The molecule has 0 atom stereocenters. The summed E-state index contributed by atoms with van der Waals surface area (Å²) in [5.41, 5.74) is 2.37. The second-order valence-corrected chi connectivity index (χ2v) is 5.53. The quantitative estimate of drug-likeness (QED) is 0.818. The second-order valence-electron chi connectivity index (χ2n) is 5.53. The average Bonchev–Trinajstić information content (AvgIpc) is 2.48. The average molecular weight is 287 g/mol. The van der Waals surface area contributed by atoms with Crippen molar-refractivity contribution in [2.45, 2.75) is 52.5 Å². The van der Waals surface area contributed by atoms with Crippen molar-refractivity contribution in [1.29, 1.82) is 0 Å². The van der Waals surface area contributed by atoms with Gasteiger partial charge >= 0.3 is 0 Å². The largest absolute Gasteiger partial charge is 0.395 e. The lowest BCUT2D eigenvalue weighted by Gasteiger charge is -2.28. The van der Waals surface area contributed by atoms with Crippen molar-refractivity contribution in [1.82, 2.24) is 5.32 Å². The number of rotatable bonds is 5. The summed E-state index contributed by atoms with van der Waals surface area (Å²) in [6.45, 7) is 8.23. The van der Waals surface area contributed by atoms with E-state index in [-0.39, 0.29) is 18.1 Å². The van der Waals surface area contributed by atoms with Crippen LogP contribution in [0.3, 0.4) is 0 Å². The van der Waals surface area contributed by atoms with Gasteiger partial charge < -0.3 is 10.4 Å². The van der Waals surface area contributed by atoms with Gasteiger partial charge in [-0.05, 0) is 50.5 Å². The number of carbonyl (C=O) groups is 1. The Balaban J connectivity index is 2.89. The molecule has 0 spiro atoms. The zero-order valence-corrected chi connectivity index (χ0v) is 13.4. The predicted molar refractivity (Wildman–Crippen MR) is 86.2 cm³/mol. The molecule has 0 aliphatic carbocycles. The topological polar surface area (TPSA) is 49.3 Å². The molecular formula is C18H25NO2. The Morgan fingerprint density at radius 1 is 1.33 bits per heavy atom. The van der Waals surface area contributed by atoms with Gasteiger partial charge in [0.25, 0.3) is 5.91 Å². The van der Waals surface area contributed by atoms with Gasteiger partial charge in [0.2, 0.25) is 0 Å². The number of carbonyl (C=O) groups excluding carboxylic acids is 1. The number of nitrogens with one attached hydrogen (secondary N) is 1. The van der Waals surface area contributed by atoms with Crippen molar-refractivity contribution in [2.24, 2.45) is 0 Å². The Morgan fingerprint density at radius 2 is 2.00 bits per heavy atom. The van der Waals surface area contributed by atoms with Gasteiger partial charge in [-0.25, -0.2) is 0 Å². The third-order valence-corrected chi connectivity index (χ3v) is 3.92. The SMILES string of the molecule is CCC(C)(CC)NC(=O)c1ccc(C#CCCO)c(C)c1. The van der Waals surface area contributed by atoms with Gasteiger partial charge in [-0.2, -0.15) is 0 Å². The van der Waals surface area contributed by atoms with Crippen molar-refractivity contribution in [3.05, 3.63) is 34.9 Å². The van der Waals surface area contributed by atoms with Crippen LogP contribution in [0.5, 0.6) is 0 Å². The molecule has 0 aliphatic heterocycles. The van der Waals surface area contributed by atoms with Crippen LogP contribution in [0.4, 0.5) is 0 Å². The van der Waals surface area contributed by atoms with Gasteiger partial charge in [-0.3, -0.25) is 4.79 Å². The zero-order chi connectivity index (χ0) is 15.9. The van der Waals surface area contributed by atoms with Gasteiger partial charge in [0, 0.05) is 23.1 Å². The Labute approximate surface area is 127 Å². The molecule has 0 unspecified atom stereocenters. The minimum Gasteiger partial charge on any atom is -0.395 e. The first-order valence-electron chi connectivity index (χ1n) is 7.48. The predicted octanol–water partition coefficient (Wildman–Crippen LogP) is 3.04. The lowest BCUT2D eigenvalue weighted by molar-refractivity contribution is 0.0901. The molecule has 114 valence electrons. The van der Waals surface area contributed by atoms with Crippen molar-refractivity contribution >= 4 is 5.91 Å². The molecule has 3 nitrogen and oxygen atoms in total. The summed E-state index contributed by atoms with van der Waals surface area (Å²) in [5.74, 6) is 5.86. The molecule has 0 radical (unpaired) electrons. The van der Waals surface area contributed by atoms with Crippen molar-refractivity contribution in [3.63, 3.8) is 0 Å². The van der Waals surface area contributed by atoms with E-state index in [1.165, 1.54) is 0 Å². The Bertz CT molecular complexity index is 548. The second kappa shape index (κ2) is 7.85. The Kier molecular flexibility index (Phi) is 6.45. The number of hydrogen-bond donors (Lipinski definition) is 2. The minimum atomic E-state index is -0.162. The summed E-state index contributed by atoms with van der Waals surface area (Å²) in [6.07, 6.45) is 2.27. The molecule has 1 aromatic carbocycles. The first-order chi connectivity index (χ1) is 9.95. The first-order valence-corrected chi connectivity index (χ1v) is 7.48.